The molecule has 3 aromatic carbocycles. The maximum absolute atomic E-state index is 15.3. The summed E-state index contributed by atoms with van der Waals surface area (Å²) in [6.45, 7) is 3.48. The lowest BCUT2D eigenvalue weighted by Gasteiger charge is -2.39. The van der Waals surface area contributed by atoms with Gasteiger partial charge >= 0.3 is 0 Å². The van der Waals surface area contributed by atoms with E-state index in [-0.39, 0.29) is 0 Å². The highest BCUT2D eigenvalue weighted by molar-refractivity contribution is 7.97. The molecule has 27 heavy (non-hydrogen) atoms. The van der Waals surface area contributed by atoms with Crippen molar-refractivity contribution in [3.8, 4) is 0 Å². The summed E-state index contributed by atoms with van der Waals surface area (Å²) < 4.78 is 29.2. The van der Waals surface area contributed by atoms with Crippen LogP contribution in [-0.4, -0.2) is 5.16 Å². The van der Waals surface area contributed by atoms with Crippen molar-refractivity contribution in [1.29, 1.82) is 0 Å². The van der Waals surface area contributed by atoms with Crippen molar-refractivity contribution < 1.29 is 8.78 Å². The van der Waals surface area contributed by atoms with Gasteiger partial charge in [-0.1, -0.05) is 54.6 Å². The Bertz CT molecular complexity index is 822. The molecular formula is C23H21ClF2P+. The molecule has 0 nitrogen and oxygen atoms in total. The highest BCUT2D eigenvalue weighted by Crippen LogP contribution is 2.68. The SMILES string of the molecule is CC(C)(/C(F)=C(\F)Cl)[P+](c1ccccc1)(c1ccccc1)c1ccccc1. The molecule has 0 radical (unpaired) electrons. The van der Waals surface area contributed by atoms with E-state index in [2.05, 4.69) is 0 Å². The van der Waals surface area contributed by atoms with E-state index in [4.69, 9.17) is 11.6 Å². The van der Waals surface area contributed by atoms with E-state index in [1.54, 1.807) is 13.8 Å². The van der Waals surface area contributed by atoms with Crippen molar-refractivity contribution in [2.45, 2.75) is 19.0 Å². The molecule has 0 saturated carbocycles. The zero-order valence-electron chi connectivity index (χ0n) is 15.2. The summed E-state index contributed by atoms with van der Waals surface area (Å²) in [5.74, 6) is -0.922. The van der Waals surface area contributed by atoms with Gasteiger partial charge in [-0.3, -0.25) is 0 Å². The molecule has 0 atom stereocenters. The molecule has 0 saturated heterocycles. The van der Waals surface area contributed by atoms with Crippen LogP contribution < -0.4 is 15.9 Å². The predicted molar refractivity (Wildman–Crippen MR) is 114 cm³/mol. The third-order valence-electron chi connectivity index (χ3n) is 4.97. The summed E-state index contributed by atoms with van der Waals surface area (Å²) in [7, 11) is -2.62. The van der Waals surface area contributed by atoms with Gasteiger partial charge in [0.1, 0.15) is 28.3 Å². The fourth-order valence-electron chi connectivity index (χ4n) is 3.75. The average molecular weight is 402 g/mol. The lowest BCUT2D eigenvalue weighted by molar-refractivity contribution is 0.499. The first-order valence-electron chi connectivity index (χ1n) is 8.69. The van der Waals surface area contributed by atoms with E-state index in [0.717, 1.165) is 15.9 Å². The normalized spacial score (nSPS) is 13.2. The zero-order chi connectivity index (χ0) is 19.5. The molecule has 0 aromatic heterocycles. The zero-order valence-corrected chi connectivity index (χ0v) is 16.9. The predicted octanol–water partition coefficient (Wildman–Crippen LogP) is 6.11. The summed E-state index contributed by atoms with van der Waals surface area (Å²) in [6, 6.07) is 29.4. The van der Waals surface area contributed by atoms with E-state index in [1.807, 2.05) is 91.0 Å². The van der Waals surface area contributed by atoms with Crippen molar-refractivity contribution >= 4 is 34.8 Å². The lowest BCUT2D eigenvalue weighted by atomic mass is 10.2. The molecule has 0 spiro atoms. The third kappa shape index (κ3) is 3.33. The molecular weight excluding hydrogens is 381 g/mol. The van der Waals surface area contributed by atoms with Gasteiger partial charge in [-0.05, 0) is 61.8 Å². The minimum atomic E-state index is -2.62. The van der Waals surface area contributed by atoms with Crippen LogP contribution in [0.2, 0.25) is 0 Å². The first kappa shape index (κ1) is 19.7. The van der Waals surface area contributed by atoms with Crippen molar-refractivity contribution in [2.75, 3.05) is 0 Å². The Morgan fingerprint density at radius 2 is 0.963 bits per heavy atom. The Balaban J connectivity index is 2.50. The molecule has 0 aliphatic carbocycles. The van der Waals surface area contributed by atoms with Gasteiger partial charge in [0.2, 0.25) is 5.29 Å². The van der Waals surface area contributed by atoms with E-state index in [9.17, 15) is 4.39 Å². The highest BCUT2D eigenvalue weighted by Gasteiger charge is 2.60. The maximum Gasteiger partial charge on any atom is 0.225 e. The fraction of sp³-hybridized carbons (Fsp3) is 0.130. The fourth-order valence-corrected chi connectivity index (χ4v) is 9.13. The first-order chi connectivity index (χ1) is 12.9. The molecule has 0 bridgehead atoms. The summed E-state index contributed by atoms with van der Waals surface area (Å²) >= 11 is 5.54. The van der Waals surface area contributed by atoms with Crippen LogP contribution in [0.5, 0.6) is 0 Å². The minimum absolute atomic E-state index is 0.922. The molecule has 0 N–H and O–H groups in total. The van der Waals surface area contributed by atoms with Gasteiger partial charge in [-0.2, -0.15) is 4.39 Å². The molecule has 0 aliphatic rings. The van der Waals surface area contributed by atoms with Crippen LogP contribution in [0.3, 0.4) is 0 Å². The summed E-state index contributed by atoms with van der Waals surface area (Å²) in [5.41, 5.74) is 0. The number of allylic oxidation sites excluding steroid dienone is 1. The molecule has 138 valence electrons. The Labute approximate surface area is 164 Å². The van der Waals surface area contributed by atoms with E-state index in [1.165, 1.54) is 0 Å². The van der Waals surface area contributed by atoms with Gasteiger partial charge in [0, 0.05) is 0 Å². The topological polar surface area (TPSA) is 0 Å². The minimum Gasteiger partial charge on any atom is -0.203 e. The number of hydrogen-bond acceptors (Lipinski definition) is 0. The van der Waals surface area contributed by atoms with Crippen LogP contribution in [0.15, 0.2) is 102 Å². The molecule has 0 fully saturated rings. The highest BCUT2D eigenvalue weighted by atomic mass is 35.5. The summed E-state index contributed by atoms with van der Waals surface area (Å²) in [6.07, 6.45) is 0. The van der Waals surface area contributed by atoms with Crippen molar-refractivity contribution in [2.24, 2.45) is 0 Å². The molecule has 0 heterocycles. The first-order valence-corrected chi connectivity index (χ1v) is 10.9. The number of benzene rings is 3. The Kier molecular flexibility index (Phi) is 5.79. The van der Waals surface area contributed by atoms with Crippen LogP contribution in [-0.2, 0) is 0 Å². The van der Waals surface area contributed by atoms with Crippen LogP contribution in [0.4, 0.5) is 8.78 Å². The van der Waals surface area contributed by atoms with Crippen LogP contribution in [0.1, 0.15) is 13.8 Å². The van der Waals surface area contributed by atoms with E-state index >= 15 is 4.39 Å². The largest absolute Gasteiger partial charge is 0.225 e. The molecule has 0 unspecified atom stereocenters. The van der Waals surface area contributed by atoms with Gasteiger partial charge in [0.05, 0.1) is 0 Å². The Hall–Kier alpha value is -2.02. The van der Waals surface area contributed by atoms with Gasteiger partial charge in [-0.25, -0.2) is 4.39 Å². The van der Waals surface area contributed by atoms with E-state index in [0.29, 0.717) is 0 Å². The second-order valence-corrected chi connectivity index (χ2v) is 11.2. The molecule has 3 aromatic rings. The van der Waals surface area contributed by atoms with Gasteiger partial charge in [0.25, 0.3) is 0 Å². The van der Waals surface area contributed by atoms with Crippen LogP contribution in [0, 0.1) is 0 Å². The third-order valence-corrected chi connectivity index (χ3v) is 10.2. The molecule has 0 aliphatic heterocycles. The number of halogens is 3. The number of rotatable bonds is 5. The van der Waals surface area contributed by atoms with Crippen molar-refractivity contribution in [1.82, 2.24) is 0 Å². The molecule has 0 amide bonds. The maximum atomic E-state index is 15.3. The Morgan fingerprint density at radius 1 is 0.667 bits per heavy atom. The average Bonchev–Trinajstić information content (AvgIpc) is 2.70. The molecule has 3 rings (SSSR count). The summed E-state index contributed by atoms with van der Waals surface area (Å²) in [4.78, 5) is 0. The van der Waals surface area contributed by atoms with Gasteiger partial charge in [-0.15, -0.1) is 0 Å². The Morgan fingerprint density at radius 3 is 1.22 bits per heavy atom. The lowest BCUT2D eigenvalue weighted by Crippen LogP contribution is -2.44. The second kappa shape index (κ2) is 7.92. The summed E-state index contributed by atoms with van der Waals surface area (Å²) in [5, 5.41) is 0.455. The molecule has 4 heteroatoms. The monoisotopic (exact) mass is 401 g/mol. The number of hydrogen-bond donors (Lipinski definition) is 0. The van der Waals surface area contributed by atoms with E-state index < -0.39 is 23.5 Å². The van der Waals surface area contributed by atoms with Crippen LogP contribution in [0.25, 0.3) is 0 Å². The quantitative estimate of drug-likeness (QED) is 0.453. The van der Waals surface area contributed by atoms with Gasteiger partial charge < -0.3 is 0 Å². The second-order valence-electron chi connectivity index (χ2n) is 6.81. The van der Waals surface area contributed by atoms with Crippen molar-refractivity contribution in [3.05, 3.63) is 102 Å². The van der Waals surface area contributed by atoms with Crippen LogP contribution >= 0.6 is 18.9 Å². The van der Waals surface area contributed by atoms with Crippen molar-refractivity contribution in [3.63, 3.8) is 0 Å². The smallest absolute Gasteiger partial charge is 0.203 e. The van der Waals surface area contributed by atoms with Gasteiger partial charge in [0.15, 0.2) is 5.83 Å². The standard InChI is InChI=1S/C23H21ClF2P/c1-23(2,21(25)22(24)26)27(18-12-6-3-7-13-18,19-14-8-4-9-15-19)20-16-10-5-11-17-20/h3-17H,1-2H3/q+1/b22-21+.